The molecule has 0 bridgehead atoms. The molecule has 0 heterocycles. The summed E-state index contributed by atoms with van der Waals surface area (Å²) in [5.41, 5.74) is -0.351. The van der Waals surface area contributed by atoms with Crippen LogP contribution < -0.4 is 5.32 Å². The third kappa shape index (κ3) is 2.67. The molecule has 5 nitrogen and oxygen atoms in total. The molecular formula is C9H8FNO4. The highest BCUT2D eigenvalue weighted by molar-refractivity contribution is 5.98. The molecule has 0 atom stereocenters. The maximum atomic E-state index is 12.8. The van der Waals surface area contributed by atoms with Gasteiger partial charge in [0, 0.05) is 0 Å². The number of ether oxygens (including phenoxy) is 1. The molecule has 0 radical (unpaired) electrons. The van der Waals surface area contributed by atoms with Crippen molar-refractivity contribution in [3.05, 3.63) is 29.6 Å². The lowest BCUT2D eigenvalue weighted by Crippen LogP contribution is -2.14. The van der Waals surface area contributed by atoms with Gasteiger partial charge in [-0.2, -0.15) is 0 Å². The molecule has 1 aromatic carbocycles. The molecule has 0 saturated heterocycles. The number of amides is 1. The van der Waals surface area contributed by atoms with Crippen LogP contribution >= 0.6 is 0 Å². The van der Waals surface area contributed by atoms with Gasteiger partial charge in [-0.3, -0.25) is 5.32 Å². The van der Waals surface area contributed by atoms with Gasteiger partial charge in [0.1, 0.15) is 5.82 Å². The van der Waals surface area contributed by atoms with Crippen molar-refractivity contribution in [1.29, 1.82) is 0 Å². The molecule has 0 spiro atoms. The fourth-order valence-corrected chi connectivity index (χ4v) is 0.967. The fourth-order valence-electron chi connectivity index (χ4n) is 0.967. The predicted molar refractivity (Wildman–Crippen MR) is 49.4 cm³/mol. The molecule has 1 amide bonds. The van der Waals surface area contributed by atoms with E-state index in [2.05, 4.69) is 10.1 Å². The van der Waals surface area contributed by atoms with Crippen LogP contribution in [0.2, 0.25) is 0 Å². The fraction of sp³-hybridized carbons (Fsp3) is 0.111. The third-order valence-corrected chi connectivity index (χ3v) is 1.63. The number of halogens is 1. The summed E-state index contributed by atoms with van der Waals surface area (Å²) in [6.45, 7) is 0. The Kier molecular flexibility index (Phi) is 3.22. The molecule has 1 aromatic rings. The number of hydrogen-bond donors (Lipinski definition) is 2. The smallest absolute Gasteiger partial charge is 0.411 e. The van der Waals surface area contributed by atoms with Gasteiger partial charge in [0.2, 0.25) is 0 Å². The van der Waals surface area contributed by atoms with Gasteiger partial charge in [-0.1, -0.05) is 0 Å². The van der Waals surface area contributed by atoms with E-state index in [4.69, 9.17) is 5.11 Å². The summed E-state index contributed by atoms with van der Waals surface area (Å²) in [5.74, 6) is -1.91. The number of anilines is 1. The molecule has 0 aliphatic rings. The number of carboxylic acid groups (broad SMARTS) is 1. The Balaban J connectivity index is 3.07. The van der Waals surface area contributed by atoms with Crippen molar-refractivity contribution < 1.29 is 23.8 Å². The SMILES string of the molecule is COC(=O)Nc1cc(F)ccc1C(=O)O. The average molecular weight is 213 g/mol. The van der Waals surface area contributed by atoms with Crippen LogP contribution in [0.4, 0.5) is 14.9 Å². The maximum absolute atomic E-state index is 12.8. The first-order chi connectivity index (χ1) is 7.04. The number of hydrogen-bond acceptors (Lipinski definition) is 3. The van der Waals surface area contributed by atoms with Gasteiger partial charge >= 0.3 is 12.1 Å². The van der Waals surface area contributed by atoms with Crippen LogP contribution in [0.25, 0.3) is 0 Å². The van der Waals surface area contributed by atoms with Crippen molar-refractivity contribution in [3.63, 3.8) is 0 Å². The number of methoxy groups -OCH3 is 1. The Labute approximate surface area is 84.5 Å². The third-order valence-electron chi connectivity index (χ3n) is 1.63. The Morgan fingerprint density at radius 2 is 2.13 bits per heavy atom. The molecule has 15 heavy (non-hydrogen) atoms. The van der Waals surface area contributed by atoms with Gasteiger partial charge in [0.05, 0.1) is 18.4 Å². The summed E-state index contributed by atoms with van der Waals surface area (Å²) >= 11 is 0. The van der Waals surface area contributed by atoms with Crippen LogP contribution in [0.3, 0.4) is 0 Å². The van der Waals surface area contributed by atoms with E-state index in [0.717, 1.165) is 25.3 Å². The van der Waals surface area contributed by atoms with Crippen LogP contribution in [0.15, 0.2) is 18.2 Å². The van der Waals surface area contributed by atoms with E-state index in [1.54, 1.807) is 0 Å². The molecular weight excluding hydrogens is 205 g/mol. The van der Waals surface area contributed by atoms with Crippen molar-refractivity contribution in [3.8, 4) is 0 Å². The minimum absolute atomic E-state index is 0.144. The second kappa shape index (κ2) is 4.41. The van der Waals surface area contributed by atoms with Crippen LogP contribution in [0, 0.1) is 5.82 Å². The summed E-state index contributed by atoms with van der Waals surface area (Å²) in [6.07, 6.45) is -0.858. The van der Waals surface area contributed by atoms with E-state index < -0.39 is 17.9 Å². The second-order valence-corrected chi connectivity index (χ2v) is 2.61. The summed E-state index contributed by atoms with van der Waals surface area (Å²) < 4.78 is 17.0. The zero-order valence-corrected chi connectivity index (χ0v) is 7.78. The van der Waals surface area contributed by atoms with E-state index in [0.29, 0.717) is 0 Å². The Bertz CT molecular complexity index is 405. The molecule has 2 N–H and O–H groups in total. The molecule has 1 rings (SSSR count). The zero-order chi connectivity index (χ0) is 11.4. The van der Waals surface area contributed by atoms with Crippen LogP contribution in [-0.4, -0.2) is 24.3 Å². The highest BCUT2D eigenvalue weighted by Crippen LogP contribution is 2.17. The van der Waals surface area contributed by atoms with Crippen molar-refractivity contribution in [2.24, 2.45) is 0 Å². The zero-order valence-electron chi connectivity index (χ0n) is 7.78. The molecule has 0 saturated carbocycles. The van der Waals surface area contributed by atoms with Gasteiger partial charge in [-0.05, 0) is 18.2 Å². The standard InChI is InChI=1S/C9H8FNO4/c1-15-9(14)11-7-4-5(10)2-3-6(7)8(12)13/h2-4H,1H3,(H,11,14)(H,12,13). The van der Waals surface area contributed by atoms with Gasteiger partial charge in [-0.25, -0.2) is 14.0 Å². The quantitative estimate of drug-likeness (QED) is 0.783. The van der Waals surface area contributed by atoms with Crippen molar-refractivity contribution >= 4 is 17.7 Å². The van der Waals surface area contributed by atoms with Crippen LogP contribution in [0.1, 0.15) is 10.4 Å². The first-order valence-corrected chi connectivity index (χ1v) is 3.92. The Hall–Kier alpha value is -2.11. The van der Waals surface area contributed by atoms with Crippen molar-refractivity contribution in [2.75, 3.05) is 12.4 Å². The van der Waals surface area contributed by atoms with Crippen molar-refractivity contribution in [2.45, 2.75) is 0 Å². The summed E-state index contributed by atoms with van der Waals surface area (Å²) in [5, 5.41) is 10.8. The van der Waals surface area contributed by atoms with Gasteiger partial charge in [0.15, 0.2) is 0 Å². The first kappa shape index (κ1) is 11.0. The molecule has 0 aliphatic carbocycles. The molecule has 0 fully saturated rings. The van der Waals surface area contributed by atoms with E-state index >= 15 is 0 Å². The highest BCUT2D eigenvalue weighted by atomic mass is 19.1. The van der Waals surface area contributed by atoms with Crippen molar-refractivity contribution in [1.82, 2.24) is 0 Å². The van der Waals surface area contributed by atoms with Crippen LogP contribution in [-0.2, 0) is 4.74 Å². The molecule has 80 valence electrons. The average Bonchev–Trinajstić information content (AvgIpc) is 2.17. The Morgan fingerprint density at radius 1 is 1.47 bits per heavy atom. The lowest BCUT2D eigenvalue weighted by molar-refractivity contribution is 0.0698. The Morgan fingerprint density at radius 3 is 2.67 bits per heavy atom. The van der Waals surface area contributed by atoms with Gasteiger partial charge in [-0.15, -0.1) is 0 Å². The van der Waals surface area contributed by atoms with E-state index in [1.807, 2.05) is 0 Å². The number of benzene rings is 1. The number of nitrogens with one attached hydrogen (secondary N) is 1. The number of aromatic carboxylic acids is 1. The summed E-state index contributed by atoms with van der Waals surface area (Å²) in [6, 6.07) is 2.95. The number of carbonyl (C=O) groups is 2. The lowest BCUT2D eigenvalue weighted by Gasteiger charge is -2.06. The summed E-state index contributed by atoms with van der Waals surface area (Å²) in [4.78, 5) is 21.5. The first-order valence-electron chi connectivity index (χ1n) is 3.92. The molecule has 6 heteroatoms. The van der Waals surface area contributed by atoms with E-state index in [9.17, 15) is 14.0 Å². The van der Waals surface area contributed by atoms with Gasteiger partial charge in [0.25, 0.3) is 0 Å². The van der Waals surface area contributed by atoms with E-state index in [-0.39, 0.29) is 11.3 Å². The summed E-state index contributed by atoms with van der Waals surface area (Å²) in [7, 11) is 1.12. The normalized spacial score (nSPS) is 9.47. The van der Waals surface area contributed by atoms with E-state index in [1.165, 1.54) is 0 Å². The predicted octanol–water partition coefficient (Wildman–Crippen LogP) is 1.70. The highest BCUT2D eigenvalue weighted by Gasteiger charge is 2.13. The number of carbonyl (C=O) groups excluding carboxylic acids is 1. The van der Waals surface area contributed by atoms with Crippen LogP contribution in [0.5, 0.6) is 0 Å². The largest absolute Gasteiger partial charge is 0.478 e. The maximum Gasteiger partial charge on any atom is 0.411 e. The molecule has 0 unspecified atom stereocenters. The van der Waals surface area contributed by atoms with Gasteiger partial charge < -0.3 is 9.84 Å². The molecule has 0 aliphatic heterocycles. The molecule has 0 aromatic heterocycles. The minimum Gasteiger partial charge on any atom is -0.478 e. The second-order valence-electron chi connectivity index (χ2n) is 2.61. The topological polar surface area (TPSA) is 75.6 Å². The number of carboxylic acids is 1. The monoisotopic (exact) mass is 213 g/mol. The number of rotatable bonds is 2. The minimum atomic E-state index is -1.26. The lowest BCUT2D eigenvalue weighted by atomic mass is 10.2.